The molecule has 146 valence electrons. The molecule has 0 radical (unpaired) electrons. The first-order valence-electron chi connectivity index (χ1n) is 9.46. The minimum atomic E-state index is -0.415. The molecule has 4 rings (SSSR count). The third-order valence-corrected chi connectivity index (χ3v) is 5.53. The number of hydrogen-bond donors (Lipinski definition) is 0. The highest BCUT2D eigenvalue weighted by molar-refractivity contribution is 5.92. The van der Waals surface area contributed by atoms with Gasteiger partial charge in [0.25, 0.3) is 5.91 Å². The molecule has 4 heterocycles. The lowest BCUT2D eigenvalue weighted by Gasteiger charge is -2.38. The maximum atomic E-state index is 12.6. The Morgan fingerprint density at radius 2 is 1.56 bits per heavy atom. The lowest BCUT2D eigenvalue weighted by atomic mass is 10.0. The summed E-state index contributed by atoms with van der Waals surface area (Å²) in [7, 11) is 0. The summed E-state index contributed by atoms with van der Waals surface area (Å²) in [6, 6.07) is 0. The SMILES string of the molecule is CC(=O)N1CCN(C(=O)c2cnc(N3CCC4(CC3)OCCO4)cn2)CC1. The second-order valence-corrected chi connectivity index (χ2v) is 7.15. The Morgan fingerprint density at radius 3 is 2.11 bits per heavy atom. The predicted molar refractivity (Wildman–Crippen MR) is 96.3 cm³/mol. The van der Waals surface area contributed by atoms with Gasteiger partial charge in [0.2, 0.25) is 5.91 Å². The minimum Gasteiger partial charge on any atom is -0.355 e. The Labute approximate surface area is 158 Å². The van der Waals surface area contributed by atoms with Crippen LogP contribution in [0, 0.1) is 0 Å². The zero-order chi connectivity index (χ0) is 18.9. The van der Waals surface area contributed by atoms with Gasteiger partial charge in [-0.2, -0.15) is 0 Å². The fourth-order valence-corrected chi connectivity index (χ4v) is 3.84. The smallest absolute Gasteiger partial charge is 0.274 e. The van der Waals surface area contributed by atoms with Crippen LogP contribution in [0.2, 0.25) is 0 Å². The monoisotopic (exact) mass is 375 g/mol. The number of aromatic nitrogens is 2. The van der Waals surface area contributed by atoms with Crippen LogP contribution in [0.1, 0.15) is 30.3 Å². The van der Waals surface area contributed by atoms with Gasteiger partial charge in [-0.1, -0.05) is 0 Å². The van der Waals surface area contributed by atoms with Gasteiger partial charge in [-0.05, 0) is 0 Å². The van der Waals surface area contributed by atoms with Crippen molar-refractivity contribution in [1.82, 2.24) is 19.8 Å². The molecule has 0 unspecified atom stereocenters. The first-order chi connectivity index (χ1) is 13.1. The molecule has 0 aliphatic carbocycles. The van der Waals surface area contributed by atoms with Crippen LogP contribution in [0.15, 0.2) is 12.4 Å². The molecule has 0 aromatic carbocycles. The molecule has 3 fully saturated rings. The third-order valence-electron chi connectivity index (χ3n) is 5.53. The molecule has 0 N–H and O–H groups in total. The van der Waals surface area contributed by atoms with E-state index in [0.717, 1.165) is 31.7 Å². The molecule has 27 heavy (non-hydrogen) atoms. The van der Waals surface area contributed by atoms with Gasteiger partial charge in [-0.25, -0.2) is 9.97 Å². The molecule has 0 saturated carbocycles. The Kier molecular flexibility index (Phi) is 4.96. The number of piperazine rings is 1. The largest absolute Gasteiger partial charge is 0.355 e. The van der Waals surface area contributed by atoms with Crippen molar-refractivity contribution in [3.05, 3.63) is 18.1 Å². The van der Waals surface area contributed by atoms with Crippen LogP contribution >= 0.6 is 0 Å². The molecular formula is C18H25N5O4. The number of anilines is 1. The Bertz CT molecular complexity index is 686. The summed E-state index contributed by atoms with van der Waals surface area (Å²) in [6.45, 7) is 6.62. The van der Waals surface area contributed by atoms with Crippen molar-refractivity contribution in [2.24, 2.45) is 0 Å². The zero-order valence-electron chi connectivity index (χ0n) is 15.6. The van der Waals surface area contributed by atoms with E-state index >= 15 is 0 Å². The highest BCUT2D eigenvalue weighted by Gasteiger charge is 2.40. The third kappa shape index (κ3) is 3.74. The summed E-state index contributed by atoms with van der Waals surface area (Å²) >= 11 is 0. The Hall–Kier alpha value is -2.26. The summed E-state index contributed by atoms with van der Waals surface area (Å²) in [5.41, 5.74) is 0.339. The lowest BCUT2D eigenvalue weighted by Crippen LogP contribution is -2.50. The van der Waals surface area contributed by atoms with Crippen molar-refractivity contribution in [2.45, 2.75) is 25.6 Å². The molecule has 9 heteroatoms. The average Bonchev–Trinajstić information content (AvgIpc) is 3.16. The number of rotatable bonds is 2. The number of nitrogens with zero attached hydrogens (tertiary/aromatic N) is 5. The molecule has 0 atom stereocenters. The van der Waals surface area contributed by atoms with Crippen LogP contribution in [0.5, 0.6) is 0 Å². The molecule has 0 bridgehead atoms. The summed E-state index contributed by atoms with van der Waals surface area (Å²) < 4.78 is 11.5. The van der Waals surface area contributed by atoms with Gasteiger partial charge >= 0.3 is 0 Å². The van der Waals surface area contributed by atoms with Crippen molar-refractivity contribution in [3.8, 4) is 0 Å². The molecule has 1 aromatic rings. The number of amides is 2. The van der Waals surface area contributed by atoms with E-state index in [9.17, 15) is 9.59 Å². The van der Waals surface area contributed by atoms with Crippen molar-refractivity contribution >= 4 is 17.6 Å². The summed E-state index contributed by atoms with van der Waals surface area (Å²) in [6.07, 6.45) is 4.81. The molecular weight excluding hydrogens is 350 g/mol. The van der Waals surface area contributed by atoms with Gasteiger partial charge in [0.15, 0.2) is 5.79 Å². The van der Waals surface area contributed by atoms with E-state index in [1.165, 1.54) is 0 Å². The van der Waals surface area contributed by atoms with Gasteiger partial charge in [0, 0.05) is 59.0 Å². The van der Waals surface area contributed by atoms with E-state index in [2.05, 4.69) is 14.9 Å². The van der Waals surface area contributed by atoms with E-state index in [4.69, 9.17) is 9.47 Å². The number of ether oxygens (including phenoxy) is 2. The van der Waals surface area contributed by atoms with E-state index in [1.807, 2.05) is 0 Å². The van der Waals surface area contributed by atoms with Crippen molar-refractivity contribution in [2.75, 3.05) is 57.4 Å². The maximum absolute atomic E-state index is 12.6. The normalized spacial score (nSPS) is 22.3. The first-order valence-corrected chi connectivity index (χ1v) is 9.46. The number of carbonyl (C=O) groups excluding carboxylic acids is 2. The second kappa shape index (κ2) is 7.40. The maximum Gasteiger partial charge on any atom is 0.274 e. The van der Waals surface area contributed by atoms with Gasteiger partial charge < -0.3 is 24.2 Å². The fraction of sp³-hybridized carbons (Fsp3) is 0.667. The van der Waals surface area contributed by atoms with Crippen LogP contribution in [0.3, 0.4) is 0 Å². The molecule has 2 amide bonds. The standard InChI is InChI=1S/C18H25N5O4/c1-14(24)21-6-8-23(9-7-21)17(25)15-12-20-16(13-19-15)22-4-2-18(3-5-22)26-10-11-27-18/h12-13H,2-11H2,1H3. The quantitative estimate of drug-likeness (QED) is 0.726. The van der Waals surface area contributed by atoms with Gasteiger partial charge in [-0.3, -0.25) is 9.59 Å². The number of carbonyl (C=O) groups is 2. The second-order valence-electron chi connectivity index (χ2n) is 7.15. The van der Waals surface area contributed by atoms with Crippen molar-refractivity contribution in [3.63, 3.8) is 0 Å². The van der Waals surface area contributed by atoms with Crippen LogP contribution in [-0.2, 0) is 14.3 Å². The molecule has 1 spiro atoms. The zero-order valence-corrected chi connectivity index (χ0v) is 15.6. The molecule has 3 aliphatic rings. The van der Waals surface area contributed by atoms with Gasteiger partial charge in [0.05, 0.1) is 25.6 Å². The summed E-state index contributed by atoms with van der Waals surface area (Å²) in [5, 5.41) is 0. The average molecular weight is 375 g/mol. The molecule has 3 saturated heterocycles. The highest BCUT2D eigenvalue weighted by atomic mass is 16.7. The van der Waals surface area contributed by atoms with Crippen LogP contribution in [0.25, 0.3) is 0 Å². The van der Waals surface area contributed by atoms with Crippen LogP contribution < -0.4 is 4.90 Å². The van der Waals surface area contributed by atoms with Crippen LogP contribution in [0.4, 0.5) is 5.82 Å². The van der Waals surface area contributed by atoms with Crippen molar-refractivity contribution in [1.29, 1.82) is 0 Å². The number of piperidine rings is 1. The van der Waals surface area contributed by atoms with E-state index in [-0.39, 0.29) is 11.8 Å². The summed E-state index contributed by atoms with van der Waals surface area (Å²) in [5.74, 6) is 0.258. The Balaban J connectivity index is 1.34. The minimum absolute atomic E-state index is 0.0444. The molecule has 3 aliphatic heterocycles. The summed E-state index contributed by atoms with van der Waals surface area (Å²) in [4.78, 5) is 38.4. The number of hydrogen-bond acceptors (Lipinski definition) is 7. The van der Waals surface area contributed by atoms with E-state index < -0.39 is 5.79 Å². The van der Waals surface area contributed by atoms with Gasteiger partial charge in [-0.15, -0.1) is 0 Å². The van der Waals surface area contributed by atoms with E-state index in [1.54, 1.807) is 29.1 Å². The van der Waals surface area contributed by atoms with Crippen LogP contribution in [-0.4, -0.2) is 89.9 Å². The highest BCUT2D eigenvalue weighted by Crippen LogP contribution is 2.32. The predicted octanol–water partition coefficient (Wildman–Crippen LogP) is 0.124. The molecule has 1 aromatic heterocycles. The van der Waals surface area contributed by atoms with Crippen molar-refractivity contribution < 1.29 is 19.1 Å². The van der Waals surface area contributed by atoms with Gasteiger partial charge in [0.1, 0.15) is 11.5 Å². The Morgan fingerprint density at radius 1 is 0.926 bits per heavy atom. The van der Waals surface area contributed by atoms with E-state index in [0.29, 0.717) is 45.1 Å². The molecule has 9 nitrogen and oxygen atoms in total. The first kappa shape index (κ1) is 18.1. The lowest BCUT2D eigenvalue weighted by molar-refractivity contribution is -0.169. The topological polar surface area (TPSA) is 88.1 Å². The fourth-order valence-electron chi connectivity index (χ4n) is 3.84.